The first-order valence-corrected chi connectivity index (χ1v) is 17.3. The van der Waals surface area contributed by atoms with Gasteiger partial charge in [0, 0.05) is 43.5 Å². The van der Waals surface area contributed by atoms with Crippen molar-refractivity contribution in [1.82, 2.24) is 4.31 Å². The van der Waals surface area contributed by atoms with Crippen LogP contribution < -0.4 is 0 Å². The summed E-state index contributed by atoms with van der Waals surface area (Å²) in [5.74, 6) is -6.52. The molecule has 4 aliphatic carbocycles. The number of ether oxygens (including phenoxy) is 2. The third-order valence-electron chi connectivity index (χ3n) is 12.3. The Morgan fingerprint density at radius 1 is 1.17 bits per heavy atom. The minimum absolute atomic E-state index is 0.0432. The van der Waals surface area contributed by atoms with E-state index in [1.807, 2.05) is 13.8 Å². The van der Waals surface area contributed by atoms with Gasteiger partial charge in [0.15, 0.2) is 5.78 Å². The highest BCUT2D eigenvalue weighted by Crippen LogP contribution is 2.76. The maximum atomic E-state index is 14.3. The molecule has 46 heavy (non-hydrogen) atoms. The van der Waals surface area contributed by atoms with E-state index in [0.717, 1.165) is 6.07 Å². The number of aliphatic hydroxyl groups is 2. The molecule has 2 spiro atoms. The molecule has 8 atom stereocenters. The molecule has 0 radical (unpaired) electrons. The van der Waals surface area contributed by atoms with Crippen LogP contribution in [-0.2, 0) is 33.9 Å². The van der Waals surface area contributed by atoms with Gasteiger partial charge in [0.05, 0.1) is 27.8 Å². The largest absolute Gasteiger partial charge is 0.460 e. The van der Waals surface area contributed by atoms with Crippen molar-refractivity contribution in [3.8, 4) is 0 Å². The summed E-state index contributed by atoms with van der Waals surface area (Å²) in [5, 5.41) is 35.4. The van der Waals surface area contributed by atoms with Gasteiger partial charge in [0.2, 0.25) is 15.8 Å². The maximum absolute atomic E-state index is 14.3. The average molecular weight is 659 g/mol. The number of carbonyl (C=O) groups is 3. The quantitative estimate of drug-likeness (QED) is 0.204. The number of hydrogen-bond donors (Lipinski definition) is 2. The predicted molar refractivity (Wildman–Crippen MR) is 158 cm³/mol. The molecule has 1 aromatic rings. The van der Waals surface area contributed by atoms with E-state index in [0.29, 0.717) is 19.3 Å². The monoisotopic (exact) mass is 658 g/mol. The molecule has 1 aromatic carbocycles. The average Bonchev–Trinajstić information content (AvgIpc) is 3.13. The van der Waals surface area contributed by atoms with Gasteiger partial charge in [-0.3, -0.25) is 24.5 Å². The van der Waals surface area contributed by atoms with Crippen LogP contribution in [0.5, 0.6) is 0 Å². The topological polar surface area (TPSA) is 191 Å². The second kappa shape index (κ2) is 9.99. The molecule has 14 heteroatoms. The number of piperidine rings is 1. The zero-order valence-electron chi connectivity index (χ0n) is 25.7. The molecular formula is C32H38N2O11S. The summed E-state index contributed by atoms with van der Waals surface area (Å²) >= 11 is 0. The highest BCUT2D eigenvalue weighted by atomic mass is 32.2. The van der Waals surface area contributed by atoms with Gasteiger partial charge in [-0.2, -0.15) is 4.31 Å². The predicted octanol–water partition coefficient (Wildman–Crippen LogP) is 2.14. The van der Waals surface area contributed by atoms with Crippen molar-refractivity contribution in [3.63, 3.8) is 0 Å². The summed E-state index contributed by atoms with van der Waals surface area (Å²) in [4.78, 5) is 52.3. The van der Waals surface area contributed by atoms with E-state index in [2.05, 4.69) is 6.58 Å². The fourth-order valence-corrected chi connectivity index (χ4v) is 11.7. The molecule has 2 N–H and O–H groups in total. The smallest absolute Gasteiger partial charge is 0.309 e. The summed E-state index contributed by atoms with van der Waals surface area (Å²) < 4.78 is 39.8. The first kappa shape index (κ1) is 31.6. The Morgan fingerprint density at radius 2 is 1.87 bits per heavy atom. The van der Waals surface area contributed by atoms with Crippen LogP contribution >= 0.6 is 0 Å². The molecule has 8 rings (SSSR count). The second-order valence-electron chi connectivity index (χ2n) is 14.6. The first-order chi connectivity index (χ1) is 21.5. The number of fused-ring (bicyclic) bond motifs is 2. The summed E-state index contributed by atoms with van der Waals surface area (Å²) in [6.07, 6.45) is -1.06. The first-order valence-electron chi connectivity index (χ1n) is 15.8. The maximum Gasteiger partial charge on any atom is 0.309 e. The Morgan fingerprint density at radius 3 is 2.54 bits per heavy atom. The van der Waals surface area contributed by atoms with Crippen molar-refractivity contribution < 1.29 is 47.4 Å². The minimum atomic E-state index is -4.07. The summed E-state index contributed by atoms with van der Waals surface area (Å²) in [5.41, 5.74) is -3.87. The highest BCUT2D eigenvalue weighted by Gasteiger charge is 2.88. The Hall–Kier alpha value is -3.04. The number of nitro groups is 1. The molecule has 3 saturated heterocycles. The summed E-state index contributed by atoms with van der Waals surface area (Å²) in [6, 6.07) is 4.77. The SMILES string of the molecule is C=C1C(=O)[C@]23[C@H](OC(=O)C4CCN(S(=O)(=O)c5cccc([N+](=O)[O-])c5)CC4)[C@H]1CC[C@H]2[C@@]12CO[C@@]3(O)[C@@H](O)[C@@H]1C(C)(C)CCC2=O. The number of carbonyl (C=O) groups excluding carboxylic acids is 3. The fraction of sp³-hybridized carbons (Fsp3) is 0.656. The number of benzene rings is 1. The van der Waals surface area contributed by atoms with Gasteiger partial charge >= 0.3 is 5.97 Å². The zero-order valence-corrected chi connectivity index (χ0v) is 26.5. The Labute approximate surface area is 266 Å². The number of sulfonamides is 1. The molecule has 4 saturated carbocycles. The van der Waals surface area contributed by atoms with Gasteiger partial charge in [0.1, 0.15) is 23.4 Å². The number of aliphatic hydroxyl groups excluding tert-OH is 1. The molecule has 13 nitrogen and oxygen atoms in total. The number of non-ortho nitro benzene ring substituents is 1. The van der Waals surface area contributed by atoms with Crippen LogP contribution in [0.2, 0.25) is 0 Å². The van der Waals surface area contributed by atoms with E-state index in [1.54, 1.807) is 0 Å². The third kappa shape index (κ3) is 3.76. The number of ketones is 2. The molecule has 7 fully saturated rings. The zero-order chi connectivity index (χ0) is 33.2. The van der Waals surface area contributed by atoms with Gasteiger partial charge in [0.25, 0.3) is 5.69 Å². The summed E-state index contributed by atoms with van der Waals surface area (Å²) in [7, 11) is -4.07. The second-order valence-corrected chi connectivity index (χ2v) is 16.5. The van der Waals surface area contributed by atoms with Crippen molar-refractivity contribution in [3.05, 3.63) is 46.5 Å². The van der Waals surface area contributed by atoms with E-state index in [4.69, 9.17) is 9.47 Å². The van der Waals surface area contributed by atoms with Crippen LogP contribution in [0.4, 0.5) is 5.69 Å². The third-order valence-corrected chi connectivity index (χ3v) is 14.2. The number of hydrogen-bond acceptors (Lipinski definition) is 11. The highest BCUT2D eigenvalue weighted by molar-refractivity contribution is 7.89. The molecule has 248 valence electrons. The number of nitrogens with zero attached hydrogens (tertiary/aromatic N) is 2. The fourth-order valence-electron chi connectivity index (χ4n) is 10.2. The van der Waals surface area contributed by atoms with Crippen molar-refractivity contribution in [2.45, 2.75) is 75.3 Å². The van der Waals surface area contributed by atoms with Gasteiger partial charge in [-0.05, 0) is 55.1 Å². The van der Waals surface area contributed by atoms with E-state index in [1.165, 1.54) is 22.5 Å². The molecule has 4 bridgehead atoms. The number of rotatable bonds is 5. The van der Waals surface area contributed by atoms with E-state index in [-0.39, 0.29) is 60.9 Å². The van der Waals surface area contributed by atoms with Gasteiger partial charge in [-0.15, -0.1) is 0 Å². The summed E-state index contributed by atoms with van der Waals surface area (Å²) in [6.45, 7) is 7.70. The van der Waals surface area contributed by atoms with Crippen molar-refractivity contribution >= 4 is 33.2 Å². The normalized spacial score (nSPS) is 40.3. The number of esters is 1. The van der Waals surface area contributed by atoms with Crippen LogP contribution in [0.3, 0.4) is 0 Å². The van der Waals surface area contributed by atoms with E-state index < -0.39 is 84.6 Å². The standard InChI is InChI=1S/C32H38N2O11S/c1-17-21-7-8-22-30-16-44-32(39,26(37)24(30)29(2,3)12-9-23(30)35)31(22,25(17)36)27(21)45-28(38)18-10-13-33(14-11-18)46(42,43)20-6-4-5-19(15-20)34(40)41/h4-6,15,18,21-22,24,26-27,37,39H,1,7-14,16H2,2-3H3/t21-,22-,24+,26-,27+,30+,31-,32-/m0/s1. The van der Waals surface area contributed by atoms with Crippen LogP contribution in [0.15, 0.2) is 41.3 Å². The Bertz CT molecular complexity index is 1680. The number of Topliss-reactive ketones (excluding diaryl/α,β-unsaturated/α-hetero) is 2. The molecule has 3 aliphatic heterocycles. The molecule has 7 aliphatic rings. The lowest BCUT2D eigenvalue weighted by atomic mass is 9.36. The van der Waals surface area contributed by atoms with E-state index >= 15 is 0 Å². The van der Waals surface area contributed by atoms with Crippen molar-refractivity contribution in [1.29, 1.82) is 0 Å². The van der Waals surface area contributed by atoms with Crippen molar-refractivity contribution in [2.75, 3.05) is 19.7 Å². The molecule has 3 heterocycles. The van der Waals surface area contributed by atoms with E-state index in [9.17, 15) is 43.1 Å². The molecule has 0 aromatic heterocycles. The Kier molecular flexibility index (Phi) is 6.85. The Balaban J connectivity index is 1.17. The van der Waals surface area contributed by atoms with Gasteiger partial charge in [-0.1, -0.05) is 26.5 Å². The lowest BCUT2D eigenvalue weighted by Gasteiger charge is -2.73. The lowest BCUT2D eigenvalue weighted by molar-refractivity contribution is -0.437. The van der Waals surface area contributed by atoms with Gasteiger partial charge in [-0.25, -0.2) is 8.42 Å². The van der Waals surface area contributed by atoms with Crippen LogP contribution in [0.25, 0.3) is 0 Å². The van der Waals surface area contributed by atoms with Crippen molar-refractivity contribution in [2.24, 2.45) is 39.9 Å². The van der Waals surface area contributed by atoms with Crippen LogP contribution in [0.1, 0.15) is 52.4 Å². The van der Waals surface area contributed by atoms with Crippen LogP contribution in [-0.4, -0.2) is 83.1 Å². The minimum Gasteiger partial charge on any atom is -0.460 e. The van der Waals surface area contributed by atoms with Crippen LogP contribution in [0, 0.1) is 50.0 Å². The van der Waals surface area contributed by atoms with Gasteiger partial charge < -0.3 is 19.7 Å². The molecule has 0 amide bonds. The number of nitro benzene ring substituents is 1. The molecular weight excluding hydrogens is 620 g/mol. The lowest BCUT2D eigenvalue weighted by Crippen LogP contribution is -2.85. The molecule has 0 unspecified atom stereocenters.